The number of rotatable bonds is 5. The van der Waals surface area contributed by atoms with E-state index >= 15 is 0 Å². The van der Waals surface area contributed by atoms with Crippen LogP contribution in [0, 0.1) is 0 Å². The summed E-state index contributed by atoms with van der Waals surface area (Å²) in [5.41, 5.74) is 0. The number of hydrogen-bond acceptors (Lipinski definition) is 2. The van der Waals surface area contributed by atoms with Crippen LogP contribution in [0.15, 0.2) is 12.8 Å². The molecule has 0 aromatic heterocycles. The Morgan fingerprint density at radius 1 is 1.23 bits per heavy atom. The van der Waals surface area contributed by atoms with Gasteiger partial charge in [0.15, 0.2) is 0 Å². The smallest absolute Gasteiger partial charge is 0.0980 e. The predicted octanol–water partition coefficient (Wildman–Crippen LogP) is 2.88. The van der Waals surface area contributed by atoms with Crippen LogP contribution in [0.2, 0.25) is 0 Å². The molecule has 0 atom stereocenters. The van der Waals surface area contributed by atoms with Gasteiger partial charge in [0.1, 0.15) is 0 Å². The minimum atomic E-state index is 0.388. The zero-order chi connectivity index (χ0) is 9.52. The molecule has 1 rings (SSSR count). The maximum absolute atomic E-state index is 5.68. The maximum atomic E-state index is 5.68. The first-order valence-electron chi connectivity index (χ1n) is 5.24. The third-order valence-electron chi connectivity index (χ3n) is 2.47. The Morgan fingerprint density at radius 2 is 1.85 bits per heavy atom. The lowest BCUT2D eigenvalue weighted by Crippen LogP contribution is -2.25. The fourth-order valence-corrected chi connectivity index (χ4v) is 1.76. The zero-order valence-electron chi connectivity index (χ0n) is 8.50. The van der Waals surface area contributed by atoms with Crippen molar-refractivity contribution in [3.63, 3.8) is 0 Å². The zero-order valence-corrected chi connectivity index (χ0v) is 8.50. The molecule has 0 unspecified atom stereocenters. The predicted molar refractivity (Wildman–Crippen MR) is 53.6 cm³/mol. The van der Waals surface area contributed by atoms with Crippen LogP contribution < -0.4 is 0 Å². The van der Waals surface area contributed by atoms with Crippen molar-refractivity contribution in [3.8, 4) is 0 Å². The maximum Gasteiger partial charge on any atom is 0.0980 e. The average molecular weight is 184 g/mol. The molecular formula is C11H20O2. The van der Waals surface area contributed by atoms with E-state index in [2.05, 4.69) is 13.5 Å². The van der Waals surface area contributed by atoms with Crippen LogP contribution in [-0.4, -0.2) is 18.8 Å². The van der Waals surface area contributed by atoms with E-state index < -0.39 is 0 Å². The minimum Gasteiger partial charge on any atom is -0.499 e. The molecular weight excluding hydrogens is 164 g/mol. The lowest BCUT2D eigenvalue weighted by atomic mass is 9.95. The summed E-state index contributed by atoms with van der Waals surface area (Å²) in [5.74, 6) is 0. The molecule has 2 heteroatoms. The summed E-state index contributed by atoms with van der Waals surface area (Å²) in [4.78, 5) is 0. The van der Waals surface area contributed by atoms with Gasteiger partial charge in [-0.15, -0.1) is 0 Å². The highest BCUT2D eigenvalue weighted by atomic mass is 16.5. The van der Waals surface area contributed by atoms with Crippen molar-refractivity contribution in [2.75, 3.05) is 6.61 Å². The van der Waals surface area contributed by atoms with Gasteiger partial charge in [-0.05, 0) is 32.1 Å². The Morgan fingerprint density at radius 3 is 2.38 bits per heavy atom. The Kier molecular flexibility index (Phi) is 4.91. The van der Waals surface area contributed by atoms with E-state index in [1.165, 1.54) is 0 Å². The van der Waals surface area contributed by atoms with Crippen LogP contribution in [0.4, 0.5) is 0 Å². The summed E-state index contributed by atoms with van der Waals surface area (Å²) in [6.45, 7) is 6.62. The summed E-state index contributed by atoms with van der Waals surface area (Å²) < 4.78 is 11.0. The third kappa shape index (κ3) is 3.81. The second kappa shape index (κ2) is 6.03. The first kappa shape index (κ1) is 10.6. The monoisotopic (exact) mass is 184 g/mol. The highest BCUT2D eigenvalue weighted by molar-refractivity contribution is 4.74. The molecule has 2 nitrogen and oxygen atoms in total. The molecule has 0 aromatic rings. The Balaban J connectivity index is 2.11. The van der Waals surface area contributed by atoms with Gasteiger partial charge in [-0.25, -0.2) is 0 Å². The third-order valence-corrected chi connectivity index (χ3v) is 2.47. The van der Waals surface area contributed by atoms with E-state index in [0.717, 1.165) is 38.7 Å². The molecule has 13 heavy (non-hydrogen) atoms. The molecule has 0 amide bonds. The fourth-order valence-electron chi connectivity index (χ4n) is 1.76. The van der Waals surface area contributed by atoms with Crippen molar-refractivity contribution in [1.29, 1.82) is 0 Å². The molecule has 1 aliphatic carbocycles. The Bertz CT molecular complexity index is 137. The van der Waals surface area contributed by atoms with Gasteiger partial charge in [0, 0.05) is 6.61 Å². The van der Waals surface area contributed by atoms with Crippen molar-refractivity contribution in [3.05, 3.63) is 12.8 Å². The standard InChI is InChI=1S/C11H20O2/c1-3-9-13-11-7-5-10(6-8-11)12-4-2/h4,10-11H,2-3,5-9H2,1H3. The van der Waals surface area contributed by atoms with Crippen LogP contribution in [0.5, 0.6) is 0 Å². The fraction of sp³-hybridized carbons (Fsp3) is 0.818. The summed E-state index contributed by atoms with van der Waals surface area (Å²) in [6.07, 6.45) is 8.03. The van der Waals surface area contributed by atoms with Crippen molar-refractivity contribution >= 4 is 0 Å². The van der Waals surface area contributed by atoms with E-state index in [1.54, 1.807) is 6.26 Å². The first-order valence-corrected chi connectivity index (χ1v) is 5.24. The van der Waals surface area contributed by atoms with E-state index in [-0.39, 0.29) is 0 Å². The van der Waals surface area contributed by atoms with Gasteiger partial charge in [0.2, 0.25) is 0 Å². The van der Waals surface area contributed by atoms with Crippen LogP contribution in [0.1, 0.15) is 39.0 Å². The highest BCUT2D eigenvalue weighted by Crippen LogP contribution is 2.23. The van der Waals surface area contributed by atoms with Crippen molar-refractivity contribution in [2.45, 2.75) is 51.2 Å². The summed E-state index contributed by atoms with van der Waals surface area (Å²) in [7, 11) is 0. The molecule has 76 valence electrons. The second-order valence-electron chi connectivity index (χ2n) is 3.57. The van der Waals surface area contributed by atoms with Gasteiger partial charge >= 0.3 is 0 Å². The molecule has 1 fully saturated rings. The van der Waals surface area contributed by atoms with Crippen molar-refractivity contribution in [1.82, 2.24) is 0 Å². The molecule has 1 saturated carbocycles. The van der Waals surface area contributed by atoms with Gasteiger partial charge in [-0.1, -0.05) is 13.5 Å². The van der Waals surface area contributed by atoms with Gasteiger partial charge < -0.3 is 9.47 Å². The molecule has 0 aliphatic heterocycles. The van der Waals surface area contributed by atoms with E-state index in [9.17, 15) is 0 Å². The lowest BCUT2D eigenvalue weighted by molar-refractivity contribution is -0.00655. The highest BCUT2D eigenvalue weighted by Gasteiger charge is 2.21. The number of ether oxygens (including phenoxy) is 2. The SMILES string of the molecule is C=COC1CCC(OCCC)CC1. The second-order valence-corrected chi connectivity index (χ2v) is 3.57. The molecule has 0 radical (unpaired) electrons. The van der Waals surface area contributed by atoms with Crippen LogP contribution in [0.3, 0.4) is 0 Å². The average Bonchev–Trinajstić information content (AvgIpc) is 2.17. The number of hydrogen-bond donors (Lipinski definition) is 0. The van der Waals surface area contributed by atoms with Crippen LogP contribution >= 0.6 is 0 Å². The molecule has 1 aliphatic rings. The van der Waals surface area contributed by atoms with Crippen molar-refractivity contribution < 1.29 is 9.47 Å². The van der Waals surface area contributed by atoms with E-state index in [0.29, 0.717) is 12.2 Å². The van der Waals surface area contributed by atoms with Gasteiger partial charge in [0.25, 0.3) is 0 Å². The molecule has 0 heterocycles. The Hall–Kier alpha value is -0.500. The molecule has 0 spiro atoms. The summed E-state index contributed by atoms with van der Waals surface area (Å²) in [5, 5.41) is 0. The van der Waals surface area contributed by atoms with E-state index in [1.807, 2.05) is 0 Å². The minimum absolute atomic E-state index is 0.388. The molecule has 0 saturated heterocycles. The lowest BCUT2D eigenvalue weighted by Gasteiger charge is -2.27. The van der Waals surface area contributed by atoms with Gasteiger partial charge in [-0.3, -0.25) is 0 Å². The first-order chi connectivity index (χ1) is 6.36. The largest absolute Gasteiger partial charge is 0.499 e. The summed E-state index contributed by atoms with van der Waals surface area (Å²) >= 11 is 0. The van der Waals surface area contributed by atoms with Crippen LogP contribution in [0.25, 0.3) is 0 Å². The molecule has 0 N–H and O–H groups in total. The normalized spacial score (nSPS) is 28.4. The molecule has 0 bridgehead atoms. The summed E-state index contributed by atoms with van der Waals surface area (Å²) in [6, 6.07) is 0. The van der Waals surface area contributed by atoms with Crippen molar-refractivity contribution in [2.24, 2.45) is 0 Å². The van der Waals surface area contributed by atoms with Gasteiger partial charge in [-0.2, -0.15) is 0 Å². The molecule has 0 aromatic carbocycles. The van der Waals surface area contributed by atoms with Gasteiger partial charge in [0.05, 0.1) is 18.5 Å². The topological polar surface area (TPSA) is 18.5 Å². The van der Waals surface area contributed by atoms with E-state index in [4.69, 9.17) is 9.47 Å². The quantitative estimate of drug-likeness (QED) is 0.612. The Labute approximate surface area is 80.9 Å². The van der Waals surface area contributed by atoms with Crippen LogP contribution in [-0.2, 0) is 9.47 Å².